The van der Waals surface area contributed by atoms with Gasteiger partial charge in [0.05, 0.1) is 10.6 Å². The lowest BCUT2D eigenvalue weighted by Gasteiger charge is -2.32. The van der Waals surface area contributed by atoms with Gasteiger partial charge in [0.25, 0.3) is 10.0 Å². The summed E-state index contributed by atoms with van der Waals surface area (Å²) in [5, 5.41) is 2.71. The van der Waals surface area contributed by atoms with E-state index < -0.39 is 34.3 Å². The molecule has 0 aromatic heterocycles. The highest BCUT2D eigenvalue weighted by atomic mass is 32.2. The number of nitrogens with one attached hydrogen (secondary N) is 1. The van der Waals surface area contributed by atoms with Crippen LogP contribution >= 0.6 is 0 Å². The van der Waals surface area contributed by atoms with Crippen molar-refractivity contribution in [3.05, 3.63) is 95.3 Å². The lowest BCUT2D eigenvalue weighted by molar-refractivity contribution is -0.139. The Morgan fingerprint density at radius 2 is 1.59 bits per heavy atom. The predicted octanol–water partition coefficient (Wildman–Crippen LogP) is 4.19. The summed E-state index contributed by atoms with van der Waals surface area (Å²) < 4.78 is 42.1. The average molecular weight is 526 g/mol. The fraction of sp³-hybridized carbons (Fsp3) is 0.286. The van der Waals surface area contributed by atoms with Gasteiger partial charge >= 0.3 is 0 Å². The second-order valence-corrected chi connectivity index (χ2v) is 10.6. The van der Waals surface area contributed by atoms with Crippen molar-refractivity contribution in [3.8, 4) is 0 Å². The molecule has 0 heterocycles. The number of sulfonamides is 1. The van der Waals surface area contributed by atoms with Crippen molar-refractivity contribution in [2.45, 2.75) is 45.2 Å². The Morgan fingerprint density at radius 3 is 2.22 bits per heavy atom. The third kappa shape index (κ3) is 6.54. The number of hydrogen-bond donors (Lipinski definition) is 1. The van der Waals surface area contributed by atoms with Crippen molar-refractivity contribution in [3.63, 3.8) is 0 Å². The van der Waals surface area contributed by atoms with Gasteiger partial charge in [-0.1, -0.05) is 42.5 Å². The fourth-order valence-corrected chi connectivity index (χ4v) is 5.42. The van der Waals surface area contributed by atoms with Gasteiger partial charge in [0.1, 0.15) is 18.4 Å². The van der Waals surface area contributed by atoms with Crippen LogP contribution in [0.5, 0.6) is 0 Å². The van der Waals surface area contributed by atoms with Crippen LogP contribution in [0.1, 0.15) is 30.5 Å². The van der Waals surface area contributed by atoms with E-state index in [1.165, 1.54) is 41.3 Å². The zero-order chi connectivity index (χ0) is 27.2. The number of halogens is 1. The molecule has 2 amide bonds. The number of nitrogens with zero attached hydrogens (tertiary/aromatic N) is 2. The molecule has 0 radical (unpaired) electrons. The van der Waals surface area contributed by atoms with Crippen LogP contribution in [0.2, 0.25) is 0 Å². The number of rotatable bonds is 10. The lowest BCUT2D eigenvalue weighted by Crippen LogP contribution is -2.51. The normalized spacial score (nSPS) is 12.0. The van der Waals surface area contributed by atoms with Crippen molar-refractivity contribution >= 4 is 27.5 Å². The molecule has 3 aromatic carbocycles. The van der Waals surface area contributed by atoms with Crippen molar-refractivity contribution in [1.29, 1.82) is 0 Å². The van der Waals surface area contributed by atoms with Gasteiger partial charge in [0, 0.05) is 13.1 Å². The molecule has 3 rings (SSSR count). The average Bonchev–Trinajstić information content (AvgIpc) is 2.88. The van der Waals surface area contributed by atoms with Crippen molar-refractivity contribution in [2.24, 2.45) is 0 Å². The van der Waals surface area contributed by atoms with Gasteiger partial charge in [-0.05, 0) is 74.7 Å². The van der Waals surface area contributed by atoms with E-state index in [4.69, 9.17) is 0 Å². The summed E-state index contributed by atoms with van der Waals surface area (Å²) >= 11 is 0. The molecule has 0 saturated heterocycles. The number of aryl methyl sites for hydroxylation is 1. The molecule has 0 aliphatic heterocycles. The van der Waals surface area contributed by atoms with Gasteiger partial charge in [-0.3, -0.25) is 13.9 Å². The first-order valence-corrected chi connectivity index (χ1v) is 13.5. The zero-order valence-electron chi connectivity index (χ0n) is 21.4. The fourth-order valence-electron chi connectivity index (χ4n) is 3.93. The number of likely N-dealkylation sites (N-methyl/N-ethyl adjacent to an activating group) is 1. The second-order valence-electron chi connectivity index (χ2n) is 8.76. The molecule has 0 spiro atoms. The molecule has 3 aromatic rings. The minimum absolute atomic E-state index is 0.00341. The molecule has 0 fully saturated rings. The molecule has 0 unspecified atom stereocenters. The quantitative estimate of drug-likeness (QED) is 0.430. The van der Waals surface area contributed by atoms with Crippen LogP contribution in [0.3, 0.4) is 0 Å². The topological polar surface area (TPSA) is 86.8 Å². The SMILES string of the molecule is CCNC(=O)[C@H](C)N(Cc1ccc(F)cc1)C(=O)CN(c1cccc(C)c1C)S(=O)(=O)c1ccccc1. The third-order valence-corrected chi connectivity index (χ3v) is 8.01. The van der Waals surface area contributed by atoms with Gasteiger partial charge in [0.2, 0.25) is 11.8 Å². The maximum atomic E-state index is 13.8. The van der Waals surface area contributed by atoms with Crippen LogP contribution in [0.4, 0.5) is 10.1 Å². The first-order chi connectivity index (χ1) is 17.6. The highest BCUT2D eigenvalue weighted by Crippen LogP contribution is 2.29. The predicted molar refractivity (Wildman–Crippen MR) is 142 cm³/mol. The molecule has 0 saturated carbocycles. The first-order valence-electron chi connectivity index (χ1n) is 12.0. The standard InChI is InChI=1S/C28H32FN3O4S/c1-5-30-28(34)22(4)31(18-23-14-16-24(29)17-15-23)27(33)19-32(26-13-9-10-20(2)21(26)3)37(35,36)25-11-7-6-8-12-25/h6-17,22H,5,18-19H2,1-4H3,(H,30,34)/t22-/m0/s1. The molecule has 9 heteroatoms. The molecular formula is C28H32FN3O4S. The van der Waals surface area contributed by atoms with E-state index in [9.17, 15) is 22.4 Å². The highest BCUT2D eigenvalue weighted by Gasteiger charge is 2.33. The van der Waals surface area contributed by atoms with Crippen LogP contribution in [0.15, 0.2) is 77.7 Å². The van der Waals surface area contributed by atoms with E-state index in [1.807, 2.05) is 13.0 Å². The molecule has 196 valence electrons. The number of carbonyl (C=O) groups is 2. The Morgan fingerprint density at radius 1 is 0.946 bits per heavy atom. The molecule has 0 aliphatic carbocycles. The van der Waals surface area contributed by atoms with Crippen LogP contribution in [-0.4, -0.2) is 44.3 Å². The first kappa shape index (κ1) is 27.9. The van der Waals surface area contributed by atoms with Gasteiger partial charge in [-0.25, -0.2) is 12.8 Å². The van der Waals surface area contributed by atoms with Gasteiger partial charge < -0.3 is 10.2 Å². The molecule has 1 N–H and O–H groups in total. The summed E-state index contributed by atoms with van der Waals surface area (Å²) in [4.78, 5) is 27.9. The summed E-state index contributed by atoms with van der Waals surface area (Å²) in [5.41, 5.74) is 2.58. The Bertz CT molecular complexity index is 1350. The molecule has 37 heavy (non-hydrogen) atoms. The highest BCUT2D eigenvalue weighted by molar-refractivity contribution is 7.92. The third-order valence-electron chi connectivity index (χ3n) is 6.24. The maximum absolute atomic E-state index is 13.8. The number of anilines is 1. The summed E-state index contributed by atoms with van der Waals surface area (Å²) in [6.07, 6.45) is 0. The van der Waals surface area contributed by atoms with Crippen LogP contribution in [-0.2, 0) is 26.2 Å². The number of benzene rings is 3. The second kappa shape index (κ2) is 12.0. The Kier molecular flexibility index (Phi) is 9.04. The summed E-state index contributed by atoms with van der Waals surface area (Å²) in [6.45, 7) is 6.88. The molecule has 0 aliphatic rings. The summed E-state index contributed by atoms with van der Waals surface area (Å²) in [7, 11) is -4.12. The monoisotopic (exact) mass is 525 g/mol. The van der Waals surface area contributed by atoms with E-state index in [-0.39, 0.29) is 17.3 Å². The zero-order valence-corrected chi connectivity index (χ0v) is 22.3. The van der Waals surface area contributed by atoms with Gasteiger partial charge in [0.15, 0.2) is 0 Å². The smallest absolute Gasteiger partial charge is 0.264 e. The number of hydrogen-bond acceptors (Lipinski definition) is 4. The largest absolute Gasteiger partial charge is 0.355 e. The van der Waals surface area contributed by atoms with Gasteiger partial charge in [-0.15, -0.1) is 0 Å². The Balaban J connectivity index is 2.06. The van der Waals surface area contributed by atoms with Crippen molar-refractivity contribution < 1.29 is 22.4 Å². The summed E-state index contributed by atoms with van der Waals surface area (Å²) in [6, 6.07) is 17.9. The minimum Gasteiger partial charge on any atom is -0.355 e. The maximum Gasteiger partial charge on any atom is 0.264 e. The van der Waals surface area contributed by atoms with E-state index in [1.54, 1.807) is 51.1 Å². The van der Waals surface area contributed by atoms with Crippen LogP contribution < -0.4 is 9.62 Å². The van der Waals surface area contributed by atoms with Crippen LogP contribution in [0, 0.1) is 19.7 Å². The van der Waals surface area contributed by atoms with Gasteiger partial charge in [-0.2, -0.15) is 0 Å². The number of amides is 2. The van der Waals surface area contributed by atoms with Crippen LogP contribution in [0.25, 0.3) is 0 Å². The van der Waals surface area contributed by atoms with Crippen molar-refractivity contribution in [2.75, 3.05) is 17.4 Å². The van der Waals surface area contributed by atoms with E-state index >= 15 is 0 Å². The molecule has 7 nitrogen and oxygen atoms in total. The van der Waals surface area contributed by atoms with E-state index in [2.05, 4.69) is 5.32 Å². The lowest BCUT2D eigenvalue weighted by atomic mass is 10.1. The van der Waals surface area contributed by atoms with E-state index in [0.29, 0.717) is 17.8 Å². The van der Waals surface area contributed by atoms with Crippen molar-refractivity contribution in [1.82, 2.24) is 10.2 Å². The Hall–Kier alpha value is -3.72. The molecule has 1 atom stereocenters. The minimum atomic E-state index is -4.12. The van der Waals surface area contributed by atoms with E-state index in [0.717, 1.165) is 15.4 Å². The Labute approximate surface area is 218 Å². The molecular weight excluding hydrogens is 493 g/mol. The number of carbonyl (C=O) groups excluding carboxylic acids is 2. The summed E-state index contributed by atoms with van der Waals surface area (Å²) in [5.74, 6) is -1.36. The molecule has 0 bridgehead atoms.